The molecule has 0 saturated heterocycles. The third kappa shape index (κ3) is 6.89. The lowest BCUT2D eigenvalue weighted by atomic mass is 10.0. The summed E-state index contributed by atoms with van der Waals surface area (Å²) in [6.07, 6.45) is 7.82. The highest BCUT2D eigenvalue weighted by molar-refractivity contribution is 6.11. The first-order valence-corrected chi connectivity index (χ1v) is 12.2. The first-order valence-electron chi connectivity index (χ1n) is 12.2. The molecule has 3 aromatic rings. The van der Waals surface area contributed by atoms with Crippen LogP contribution in [-0.2, 0) is 16.1 Å². The predicted octanol–water partition coefficient (Wildman–Crippen LogP) is 5.82. The van der Waals surface area contributed by atoms with Crippen molar-refractivity contribution in [3.63, 3.8) is 0 Å². The van der Waals surface area contributed by atoms with E-state index < -0.39 is 0 Å². The quantitative estimate of drug-likeness (QED) is 0.219. The van der Waals surface area contributed by atoms with Crippen LogP contribution in [0.4, 0.5) is 0 Å². The summed E-state index contributed by atoms with van der Waals surface area (Å²) in [7, 11) is 1.62. The summed E-state index contributed by atoms with van der Waals surface area (Å²) >= 11 is 0. The average Bonchev–Trinajstić information content (AvgIpc) is 3.61. The molecule has 0 bridgehead atoms. The molecule has 37 heavy (non-hydrogen) atoms. The highest BCUT2D eigenvalue weighted by Gasteiger charge is 2.21. The Bertz CT molecular complexity index is 1320. The Balaban J connectivity index is 0.00000380. The molecule has 1 aromatic carbocycles. The first-order chi connectivity index (χ1) is 17.5. The van der Waals surface area contributed by atoms with Crippen molar-refractivity contribution in [1.29, 1.82) is 0 Å². The van der Waals surface area contributed by atoms with E-state index in [0.29, 0.717) is 49.2 Å². The van der Waals surface area contributed by atoms with Crippen LogP contribution in [0, 0.1) is 13.8 Å². The molecule has 0 fully saturated rings. The van der Waals surface area contributed by atoms with Crippen molar-refractivity contribution < 1.29 is 14.3 Å². The Morgan fingerprint density at radius 1 is 1.05 bits per heavy atom. The number of carbonyl (C=O) groups excluding carboxylic acids is 2. The lowest BCUT2D eigenvalue weighted by Crippen LogP contribution is -2.22. The molecule has 4 rings (SSSR count). The van der Waals surface area contributed by atoms with E-state index in [1.54, 1.807) is 7.11 Å². The minimum absolute atomic E-state index is 0. The Hall–Kier alpha value is -3.84. The zero-order valence-corrected chi connectivity index (χ0v) is 22.2. The van der Waals surface area contributed by atoms with Gasteiger partial charge in [-0.25, -0.2) is 4.99 Å². The topological polar surface area (TPSA) is 99.3 Å². The van der Waals surface area contributed by atoms with E-state index in [9.17, 15) is 9.59 Å². The van der Waals surface area contributed by atoms with Crippen molar-refractivity contribution >= 4 is 35.9 Å². The van der Waals surface area contributed by atoms with Crippen molar-refractivity contribution in [2.24, 2.45) is 4.99 Å². The fraction of sp³-hybridized carbons (Fsp3) is 0.276. The van der Waals surface area contributed by atoms with Crippen molar-refractivity contribution in [3.05, 3.63) is 100.0 Å². The van der Waals surface area contributed by atoms with E-state index >= 15 is 0 Å². The summed E-state index contributed by atoms with van der Waals surface area (Å²) in [5.41, 5.74) is 6.76. The van der Waals surface area contributed by atoms with E-state index in [1.165, 1.54) is 0 Å². The van der Waals surface area contributed by atoms with Crippen LogP contribution in [0.2, 0.25) is 0 Å². The SMILES string of the molecule is COC1=CC(c2ccc[nH]2)=N/C1=C\c1[nH]c(C)c(C(=O)CCCCC(=O)NCc2ccccc2)c1C.Cl. The number of nitrogens with zero attached hydrogens (tertiary/aromatic N) is 1. The second-order valence-electron chi connectivity index (χ2n) is 8.88. The zero-order valence-electron chi connectivity index (χ0n) is 21.4. The molecule has 0 spiro atoms. The zero-order chi connectivity index (χ0) is 25.5. The van der Waals surface area contributed by atoms with Gasteiger partial charge in [0.1, 0.15) is 11.5 Å². The van der Waals surface area contributed by atoms with Gasteiger partial charge in [0.15, 0.2) is 5.78 Å². The van der Waals surface area contributed by atoms with E-state index in [1.807, 2.05) is 74.7 Å². The molecule has 1 aliphatic rings. The van der Waals surface area contributed by atoms with Crippen molar-refractivity contribution in [1.82, 2.24) is 15.3 Å². The molecule has 3 N–H and O–H groups in total. The van der Waals surface area contributed by atoms with Gasteiger partial charge in [0.2, 0.25) is 5.91 Å². The second kappa shape index (κ2) is 12.9. The lowest BCUT2D eigenvalue weighted by Gasteiger charge is -2.06. The Kier molecular flexibility index (Phi) is 9.69. The third-order valence-corrected chi connectivity index (χ3v) is 6.28. The summed E-state index contributed by atoms with van der Waals surface area (Å²) in [5.74, 6) is 0.761. The van der Waals surface area contributed by atoms with Crippen molar-refractivity contribution in [3.8, 4) is 0 Å². The monoisotopic (exact) mass is 520 g/mol. The van der Waals surface area contributed by atoms with Gasteiger partial charge in [-0.15, -0.1) is 12.4 Å². The van der Waals surface area contributed by atoms with Gasteiger partial charge in [0.05, 0.1) is 18.5 Å². The fourth-order valence-electron chi connectivity index (χ4n) is 4.36. The number of hydrogen-bond acceptors (Lipinski definition) is 4. The van der Waals surface area contributed by atoms with Gasteiger partial charge in [-0.1, -0.05) is 30.3 Å². The predicted molar refractivity (Wildman–Crippen MR) is 149 cm³/mol. The number of methoxy groups -OCH3 is 1. The molecule has 7 nitrogen and oxygen atoms in total. The summed E-state index contributed by atoms with van der Waals surface area (Å²) in [6.45, 7) is 4.38. The number of ether oxygens (including phenoxy) is 1. The molecule has 3 heterocycles. The van der Waals surface area contributed by atoms with Crippen LogP contribution in [0.25, 0.3) is 6.08 Å². The molecule has 0 radical (unpaired) electrons. The molecule has 0 unspecified atom stereocenters. The van der Waals surface area contributed by atoms with Crippen LogP contribution < -0.4 is 5.32 Å². The van der Waals surface area contributed by atoms with Crippen molar-refractivity contribution in [2.45, 2.75) is 46.1 Å². The van der Waals surface area contributed by atoms with Crippen LogP contribution in [0.3, 0.4) is 0 Å². The Morgan fingerprint density at radius 3 is 2.51 bits per heavy atom. The van der Waals surface area contributed by atoms with E-state index in [-0.39, 0.29) is 24.1 Å². The molecule has 1 aliphatic heterocycles. The van der Waals surface area contributed by atoms with Crippen LogP contribution >= 0.6 is 12.4 Å². The summed E-state index contributed by atoms with van der Waals surface area (Å²) in [5, 5.41) is 2.93. The molecule has 8 heteroatoms. The number of allylic oxidation sites excluding steroid dienone is 1. The van der Waals surface area contributed by atoms with Gasteiger partial charge in [0, 0.05) is 48.6 Å². The van der Waals surface area contributed by atoms with Gasteiger partial charge in [0.25, 0.3) is 0 Å². The van der Waals surface area contributed by atoms with Crippen LogP contribution in [0.1, 0.15) is 64.2 Å². The number of nitrogens with one attached hydrogen (secondary N) is 3. The maximum absolute atomic E-state index is 13.0. The number of hydrogen-bond donors (Lipinski definition) is 3. The first kappa shape index (κ1) is 27.7. The largest absolute Gasteiger partial charge is 0.494 e. The number of amides is 1. The maximum atomic E-state index is 13.0. The molecular weight excluding hydrogens is 488 g/mol. The molecule has 0 atom stereocenters. The third-order valence-electron chi connectivity index (χ3n) is 6.28. The molecule has 2 aromatic heterocycles. The number of H-pyrrole nitrogens is 2. The minimum atomic E-state index is 0. The van der Waals surface area contributed by atoms with Crippen LogP contribution in [0.5, 0.6) is 0 Å². The summed E-state index contributed by atoms with van der Waals surface area (Å²) < 4.78 is 5.53. The highest BCUT2D eigenvalue weighted by Crippen LogP contribution is 2.28. The highest BCUT2D eigenvalue weighted by atomic mass is 35.5. The van der Waals surface area contributed by atoms with Gasteiger partial charge in [-0.2, -0.15) is 0 Å². The molecule has 1 amide bonds. The van der Waals surface area contributed by atoms with Gasteiger partial charge >= 0.3 is 0 Å². The number of Topliss-reactive ketones (excluding diaryl/α,β-unsaturated/α-hetero) is 1. The number of aryl methyl sites for hydroxylation is 1. The molecule has 0 aliphatic carbocycles. The number of benzene rings is 1. The smallest absolute Gasteiger partial charge is 0.220 e. The van der Waals surface area contributed by atoms with E-state index in [2.05, 4.69) is 15.3 Å². The van der Waals surface area contributed by atoms with Crippen LogP contribution in [-0.4, -0.2) is 34.5 Å². The molecular formula is C29H33ClN4O3. The van der Waals surface area contributed by atoms with Crippen LogP contribution in [0.15, 0.2) is 71.2 Å². The number of rotatable bonds is 11. The maximum Gasteiger partial charge on any atom is 0.220 e. The number of aliphatic imine (C=N–C) groups is 1. The van der Waals surface area contributed by atoms with Crippen molar-refractivity contribution in [2.75, 3.05) is 7.11 Å². The Labute approximate surface area is 223 Å². The summed E-state index contributed by atoms with van der Waals surface area (Å²) in [4.78, 5) is 36.3. The minimum Gasteiger partial charge on any atom is -0.494 e. The Morgan fingerprint density at radius 2 is 1.81 bits per heavy atom. The van der Waals surface area contributed by atoms with Gasteiger partial charge < -0.3 is 20.0 Å². The number of aromatic nitrogens is 2. The van der Waals surface area contributed by atoms with Gasteiger partial charge in [-0.05, 0) is 56.0 Å². The molecule has 194 valence electrons. The second-order valence-corrected chi connectivity index (χ2v) is 8.88. The number of aromatic amines is 2. The normalized spacial score (nSPS) is 13.6. The fourth-order valence-corrected chi connectivity index (χ4v) is 4.36. The number of unbranched alkanes of at least 4 members (excludes halogenated alkanes) is 1. The number of ketones is 1. The standard InChI is InChI=1S/C29H32N4O3.ClH/c1-19-23(16-25-27(36-3)17-24(33-25)22-12-9-15-30-22)32-20(2)29(19)26(34)13-7-8-14-28(35)31-18-21-10-5-4-6-11-21;/h4-6,9-12,15-17,30,32H,7-8,13-14,18H2,1-3H3,(H,31,35);1H/b25-16-;. The number of halogens is 1. The van der Waals surface area contributed by atoms with Gasteiger partial charge in [-0.3, -0.25) is 9.59 Å². The molecule has 0 saturated carbocycles. The lowest BCUT2D eigenvalue weighted by molar-refractivity contribution is -0.121. The average molecular weight is 521 g/mol. The summed E-state index contributed by atoms with van der Waals surface area (Å²) in [6, 6.07) is 13.7. The van der Waals surface area contributed by atoms with E-state index in [0.717, 1.165) is 33.9 Å². The number of carbonyl (C=O) groups is 2. The van der Waals surface area contributed by atoms with E-state index in [4.69, 9.17) is 9.73 Å².